The number of nitrogens with one attached hydrogen (secondary N) is 1. The average Bonchev–Trinajstić information content (AvgIpc) is 3.02. The first kappa shape index (κ1) is 21.5. The van der Waals surface area contributed by atoms with Crippen molar-refractivity contribution in [2.45, 2.75) is 6.92 Å². The van der Waals surface area contributed by atoms with E-state index >= 15 is 0 Å². The molecule has 1 saturated heterocycles. The molecule has 0 unspecified atom stereocenters. The number of halogens is 2. The molecular formula is C21H18BrClN2O3S. The maximum absolute atomic E-state index is 12.4. The van der Waals surface area contributed by atoms with Crippen LogP contribution in [0.1, 0.15) is 12.5 Å². The number of hydrogen-bond acceptors (Lipinski definition) is 5. The molecule has 3 rings (SSSR count). The molecule has 0 aliphatic carbocycles. The summed E-state index contributed by atoms with van der Waals surface area (Å²) in [6.45, 7) is 6.40. The highest BCUT2D eigenvalue weighted by atomic mass is 79.9. The molecule has 0 spiro atoms. The van der Waals surface area contributed by atoms with Crippen LogP contribution in [0, 0.1) is 0 Å². The van der Waals surface area contributed by atoms with Gasteiger partial charge < -0.3 is 14.8 Å². The van der Waals surface area contributed by atoms with Crippen molar-refractivity contribution in [3.05, 3.63) is 69.0 Å². The summed E-state index contributed by atoms with van der Waals surface area (Å²) in [5.41, 5.74) is 1.39. The predicted octanol–water partition coefficient (Wildman–Crippen LogP) is 5.96. The van der Waals surface area contributed by atoms with E-state index in [1.54, 1.807) is 24.3 Å². The largest absolute Gasteiger partial charge is 0.490 e. The Morgan fingerprint density at radius 1 is 1.31 bits per heavy atom. The van der Waals surface area contributed by atoms with Crippen LogP contribution >= 0.6 is 39.3 Å². The monoisotopic (exact) mass is 492 g/mol. The Hall–Kier alpha value is -2.22. The zero-order valence-electron chi connectivity index (χ0n) is 15.6. The Morgan fingerprint density at radius 3 is 2.83 bits per heavy atom. The van der Waals surface area contributed by atoms with E-state index in [0.29, 0.717) is 45.5 Å². The van der Waals surface area contributed by atoms with Gasteiger partial charge in [0.1, 0.15) is 6.61 Å². The van der Waals surface area contributed by atoms with Gasteiger partial charge in [-0.05, 0) is 70.5 Å². The Balaban J connectivity index is 1.88. The van der Waals surface area contributed by atoms with Crippen molar-refractivity contribution in [1.29, 1.82) is 0 Å². The van der Waals surface area contributed by atoms with Crippen molar-refractivity contribution >= 4 is 62.1 Å². The summed E-state index contributed by atoms with van der Waals surface area (Å²) >= 11 is 10.9. The third-order valence-electron chi connectivity index (χ3n) is 3.70. The lowest BCUT2D eigenvalue weighted by atomic mass is 10.2. The van der Waals surface area contributed by atoms with Crippen molar-refractivity contribution in [2.75, 3.05) is 13.2 Å². The minimum absolute atomic E-state index is 0.220. The van der Waals surface area contributed by atoms with Crippen LogP contribution in [0.2, 0.25) is 5.02 Å². The van der Waals surface area contributed by atoms with Gasteiger partial charge in [0.15, 0.2) is 16.7 Å². The van der Waals surface area contributed by atoms with Crippen LogP contribution in [-0.4, -0.2) is 24.3 Å². The molecule has 1 aliphatic rings. The van der Waals surface area contributed by atoms with Gasteiger partial charge in [-0.1, -0.05) is 36.4 Å². The van der Waals surface area contributed by atoms with Crippen LogP contribution in [0.25, 0.3) is 6.08 Å². The van der Waals surface area contributed by atoms with E-state index in [0.717, 1.165) is 10.0 Å². The fourth-order valence-electron chi connectivity index (χ4n) is 2.50. The second-order valence-corrected chi connectivity index (χ2v) is 8.09. The molecule has 1 amide bonds. The molecule has 150 valence electrons. The molecule has 2 aromatic rings. The highest BCUT2D eigenvalue weighted by molar-refractivity contribution is 9.10. The molecule has 0 radical (unpaired) electrons. The molecule has 1 heterocycles. The van der Waals surface area contributed by atoms with Gasteiger partial charge in [-0.25, -0.2) is 4.99 Å². The average molecular weight is 494 g/mol. The number of amides is 1. The summed E-state index contributed by atoms with van der Waals surface area (Å²) in [4.78, 5) is 17.3. The highest BCUT2D eigenvalue weighted by Gasteiger charge is 2.24. The smallest absolute Gasteiger partial charge is 0.264 e. The van der Waals surface area contributed by atoms with E-state index in [1.807, 2.05) is 31.2 Å². The summed E-state index contributed by atoms with van der Waals surface area (Å²) in [6.07, 6.45) is 3.44. The number of amidine groups is 1. The van der Waals surface area contributed by atoms with Crippen molar-refractivity contribution in [3.8, 4) is 11.5 Å². The Kier molecular flexibility index (Phi) is 7.41. The molecule has 8 heteroatoms. The van der Waals surface area contributed by atoms with E-state index in [-0.39, 0.29) is 5.91 Å². The van der Waals surface area contributed by atoms with Crippen LogP contribution in [0.4, 0.5) is 5.69 Å². The van der Waals surface area contributed by atoms with Gasteiger partial charge in [-0.2, -0.15) is 0 Å². The van der Waals surface area contributed by atoms with Crippen molar-refractivity contribution in [1.82, 2.24) is 5.32 Å². The normalized spacial score (nSPS) is 16.2. The molecule has 2 aromatic carbocycles. The molecule has 5 nitrogen and oxygen atoms in total. The lowest BCUT2D eigenvalue weighted by molar-refractivity contribution is -0.115. The molecule has 1 fully saturated rings. The van der Waals surface area contributed by atoms with Gasteiger partial charge in [0.2, 0.25) is 0 Å². The fourth-order valence-corrected chi connectivity index (χ4v) is 4.09. The number of nitrogens with zero attached hydrogens (tertiary/aromatic N) is 1. The third kappa shape index (κ3) is 5.44. The third-order valence-corrected chi connectivity index (χ3v) is 5.52. The van der Waals surface area contributed by atoms with E-state index in [4.69, 9.17) is 21.1 Å². The number of hydrogen-bond donors (Lipinski definition) is 1. The highest BCUT2D eigenvalue weighted by Crippen LogP contribution is 2.38. The topological polar surface area (TPSA) is 59.9 Å². The summed E-state index contributed by atoms with van der Waals surface area (Å²) in [7, 11) is 0. The van der Waals surface area contributed by atoms with Crippen molar-refractivity contribution in [2.24, 2.45) is 4.99 Å². The van der Waals surface area contributed by atoms with Crippen LogP contribution in [0.5, 0.6) is 11.5 Å². The molecule has 0 saturated carbocycles. The molecule has 0 bridgehead atoms. The van der Waals surface area contributed by atoms with Crippen LogP contribution in [-0.2, 0) is 4.79 Å². The van der Waals surface area contributed by atoms with Gasteiger partial charge in [-0.3, -0.25) is 4.79 Å². The maximum Gasteiger partial charge on any atom is 0.264 e. The summed E-state index contributed by atoms with van der Waals surface area (Å²) in [5.74, 6) is 0.962. The molecule has 1 aliphatic heterocycles. The first-order chi connectivity index (χ1) is 14.0. The van der Waals surface area contributed by atoms with Crippen molar-refractivity contribution < 1.29 is 14.3 Å². The molecule has 0 aromatic heterocycles. The van der Waals surface area contributed by atoms with Gasteiger partial charge in [0.05, 0.1) is 26.7 Å². The Labute approximate surface area is 187 Å². The first-order valence-electron chi connectivity index (χ1n) is 8.76. The number of thioether (sulfide) groups is 1. The van der Waals surface area contributed by atoms with Crippen LogP contribution in [0.3, 0.4) is 0 Å². The Bertz CT molecular complexity index is 1010. The summed E-state index contributed by atoms with van der Waals surface area (Å²) < 4.78 is 12.1. The number of aliphatic imine (C=N–C) groups is 1. The lowest BCUT2D eigenvalue weighted by Crippen LogP contribution is -2.19. The van der Waals surface area contributed by atoms with E-state index in [2.05, 4.69) is 32.8 Å². The van der Waals surface area contributed by atoms with Gasteiger partial charge >= 0.3 is 0 Å². The second-order valence-electron chi connectivity index (χ2n) is 5.80. The fraction of sp³-hybridized carbons (Fsp3) is 0.143. The SMILES string of the molecule is C=CCOc1c(Br)cc(/C=C2/SC(=Nc3ccccc3Cl)NC2=O)cc1OCC. The van der Waals surface area contributed by atoms with Crippen LogP contribution < -0.4 is 14.8 Å². The molecule has 29 heavy (non-hydrogen) atoms. The zero-order valence-corrected chi connectivity index (χ0v) is 18.7. The Morgan fingerprint density at radius 2 is 2.10 bits per heavy atom. The van der Waals surface area contributed by atoms with E-state index in [1.165, 1.54) is 11.8 Å². The van der Waals surface area contributed by atoms with Gasteiger partial charge in [0.25, 0.3) is 5.91 Å². The zero-order chi connectivity index (χ0) is 20.8. The number of para-hydroxylation sites is 1. The molecule has 1 N–H and O–H groups in total. The maximum atomic E-state index is 12.4. The summed E-state index contributed by atoms with van der Waals surface area (Å²) in [5, 5.41) is 3.76. The number of rotatable bonds is 7. The van der Waals surface area contributed by atoms with E-state index < -0.39 is 0 Å². The number of benzene rings is 2. The lowest BCUT2D eigenvalue weighted by Gasteiger charge is -2.13. The summed E-state index contributed by atoms with van der Waals surface area (Å²) in [6, 6.07) is 10.9. The van der Waals surface area contributed by atoms with Gasteiger partial charge in [-0.15, -0.1) is 0 Å². The quantitative estimate of drug-likeness (QED) is 0.382. The van der Waals surface area contributed by atoms with E-state index in [9.17, 15) is 4.79 Å². The number of ether oxygens (including phenoxy) is 2. The standard InChI is InChI=1S/C21H18BrClN2O3S/c1-3-9-28-19-14(22)10-13(11-17(19)27-4-2)12-18-20(26)25-21(29-18)24-16-8-6-5-7-15(16)23/h3,5-8,10-12H,1,4,9H2,2H3,(H,24,25,26)/b18-12+. The number of carbonyl (C=O) groups is 1. The predicted molar refractivity (Wildman–Crippen MR) is 123 cm³/mol. The van der Waals surface area contributed by atoms with Gasteiger partial charge in [0, 0.05) is 0 Å². The minimum atomic E-state index is -0.220. The molecule has 0 atom stereocenters. The van der Waals surface area contributed by atoms with Crippen LogP contribution in [0.15, 0.2) is 63.4 Å². The van der Waals surface area contributed by atoms with Crippen molar-refractivity contribution in [3.63, 3.8) is 0 Å². The first-order valence-corrected chi connectivity index (χ1v) is 10.7. The second kappa shape index (κ2) is 10.0. The number of carbonyl (C=O) groups excluding carboxylic acids is 1. The molecular weight excluding hydrogens is 476 g/mol. The minimum Gasteiger partial charge on any atom is -0.490 e.